The average molecular weight is 320 g/mol. The lowest BCUT2D eigenvalue weighted by Gasteiger charge is -2.24. The van der Waals surface area contributed by atoms with Crippen molar-refractivity contribution in [1.82, 2.24) is 0 Å². The number of fused-ring (bicyclic) bond motifs is 1. The molecule has 0 aliphatic carbocycles. The molecule has 23 heavy (non-hydrogen) atoms. The summed E-state index contributed by atoms with van der Waals surface area (Å²) in [5.74, 6) is -0.682. The molecule has 0 aliphatic rings. The largest absolute Gasteiger partial charge is 0.394 e. The molecule has 0 spiro atoms. The van der Waals surface area contributed by atoms with Crippen molar-refractivity contribution in [2.45, 2.75) is 30.8 Å². The summed E-state index contributed by atoms with van der Waals surface area (Å²) in [6.45, 7) is -0.789. The van der Waals surface area contributed by atoms with Gasteiger partial charge >= 0.3 is 0 Å². The lowest BCUT2D eigenvalue weighted by Crippen LogP contribution is -2.49. The number of aliphatic hydroxyl groups is 5. The predicted molar refractivity (Wildman–Crippen MR) is 83.8 cm³/mol. The first-order valence-electron chi connectivity index (χ1n) is 7.28. The first-order chi connectivity index (χ1) is 11.0. The van der Waals surface area contributed by atoms with E-state index in [4.69, 9.17) is 5.11 Å². The smallest absolute Gasteiger partial charge is 0.168 e. The Kier molecular flexibility index (Phi) is 5.81. The molecule has 0 fully saturated rings. The van der Waals surface area contributed by atoms with E-state index in [0.717, 1.165) is 10.8 Å². The van der Waals surface area contributed by atoms with Crippen LogP contribution in [0.5, 0.6) is 0 Å². The van der Waals surface area contributed by atoms with E-state index >= 15 is 0 Å². The monoisotopic (exact) mass is 320 g/mol. The van der Waals surface area contributed by atoms with Crippen molar-refractivity contribution in [1.29, 1.82) is 0 Å². The van der Waals surface area contributed by atoms with Gasteiger partial charge < -0.3 is 25.5 Å². The van der Waals surface area contributed by atoms with Gasteiger partial charge in [0.15, 0.2) is 5.78 Å². The molecule has 6 heteroatoms. The van der Waals surface area contributed by atoms with Crippen molar-refractivity contribution < 1.29 is 30.3 Å². The summed E-state index contributed by atoms with van der Waals surface area (Å²) < 4.78 is 0. The minimum atomic E-state index is -1.88. The van der Waals surface area contributed by atoms with E-state index in [2.05, 4.69) is 0 Å². The third-order valence-electron chi connectivity index (χ3n) is 3.83. The number of carbonyl (C=O) groups is 1. The first kappa shape index (κ1) is 17.5. The third kappa shape index (κ3) is 3.93. The predicted octanol–water partition coefficient (Wildman–Crippen LogP) is -0.613. The second-order valence-electron chi connectivity index (χ2n) is 5.46. The van der Waals surface area contributed by atoms with E-state index in [1.165, 1.54) is 0 Å². The molecule has 0 aliphatic heterocycles. The highest BCUT2D eigenvalue weighted by atomic mass is 16.4. The lowest BCUT2D eigenvalue weighted by molar-refractivity contribution is -0.146. The zero-order chi connectivity index (χ0) is 17.0. The van der Waals surface area contributed by atoms with E-state index in [-0.39, 0.29) is 6.42 Å². The zero-order valence-corrected chi connectivity index (χ0v) is 12.4. The maximum atomic E-state index is 12.1. The number of carbonyl (C=O) groups excluding carboxylic acids is 1. The van der Waals surface area contributed by atoms with Crippen LogP contribution in [0, 0.1) is 0 Å². The molecule has 0 saturated carbocycles. The number of hydrogen-bond acceptors (Lipinski definition) is 6. The number of hydrogen-bond donors (Lipinski definition) is 5. The summed E-state index contributed by atoms with van der Waals surface area (Å²) in [6.07, 6.45) is -7.30. The van der Waals surface area contributed by atoms with Gasteiger partial charge in [-0.15, -0.1) is 0 Å². The van der Waals surface area contributed by atoms with Gasteiger partial charge in [-0.2, -0.15) is 0 Å². The molecule has 124 valence electrons. The van der Waals surface area contributed by atoms with Gasteiger partial charge in [0.25, 0.3) is 0 Å². The minimum Gasteiger partial charge on any atom is -0.394 e. The average Bonchev–Trinajstić information content (AvgIpc) is 2.59. The Morgan fingerprint density at radius 2 is 1.57 bits per heavy atom. The van der Waals surface area contributed by atoms with E-state index in [0.29, 0.717) is 5.56 Å². The van der Waals surface area contributed by atoms with Crippen LogP contribution < -0.4 is 0 Å². The van der Waals surface area contributed by atoms with E-state index in [1.54, 1.807) is 12.1 Å². The molecule has 0 radical (unpaired) electrons. The van der Waals surface area contributed by atoms with Gasteiger partial charge in [-0.1, -0.05) is 42.5 Å². The molecule has 0 amide bonds. The topological polar surface area (TPSA) is 118 Å². The molecule has 2 rings (SSSR count). The van der Waals surface area contributed by atoms with Crippen LogP contribution in [0.4, 0.5) is 0 Å². The Labute approximate surface area is 133 Å². The highest BCUT2D eigenvalue weighted by Crippen LogP contribution is 2.20. The molecule has 2 aromatic carbocycles. The fraction of sp³-hybridized carbons (Fsp3) is 0.353. The van der Waals surface area contributed by atoms with Crippen LogP contribution in [-0.2, 0) is 11.2 Å². The molecule has 0 unspecified atom stereocenters. The molecular formula is C17H20O6. The summed E-state index contributed by atoms with van der Waals surface area (Å²) >= 11 is 0. The summed E-state index contributed by atoms with van der Waals surface area (Å²) in [5.41, 5.74) is 0.691. The quantitative estimate of drug-likeness (QED) is 0.464. The maximum Gasteiger partial charge on any atom is 0.168 e. The van der Waals surface area contributed by atoms with Gasteiger partial charge in [-0.25, -0.2) is 0 Å². The first-order valence-corrected chi connectivity index (χ1v) is 7.28. The second kappa shape index (κ2) is 7.63. The standard InChI is InChI=1S/C17H20O6/c18-9-14(20)16(22)17(23)15(21)13(19)8-11-6-3-5-10-4-1-2-7-12(10)11/h1-7,14-18,20-23H,8-9H2/t14-,15+,16-,17-/m1/s1. The number of ketones is 1. The minimum absolute atomic E-state index is 0.123. The molecule has 0 aromatic heterocycles. The molecule has 4 atom stereocenters. The Balaban J connectivity index is 2.14. The summed E-state index contributed by atoms with van der Waals surface area (Å²) in [6, 6.07) is 12.9. The molecule has 0 bridgehead atoms. The van der Waals surface area contributed by atoms with Crippen LogP contribution in [0.25, 0.3) is 10.8 Å². The van der Waals surface area contributed by atoms with Crippen molar-refractivity contribution in [3.8, 4) is 0 Å². The number of benzene rings is 2. The Morgan fingerprint density at radius 1 is 0.913 bits per heavy atom. The number of rotatable bonds is 7. The number of Topliss-reactive ketones (excluding diaryl/α,β-unsaturated/α-hetero) is 1. The highest BCUT2D eigenvalue weighted by Gasteiger charge is 2.33. The SMILES string of the molecule is O=C(Cc1cccc2ccccc12)[C@H](O)[C@@H](O)[C@H](O)[C@H](O)CO. The van der Waals surface area contributed by atoms with Crippen molar-refractivity contribution in [3.63, 3.8) is 0 Å². The molecular weight excluding hydrogens is 300 g/mol. The molecule has 0 saturated heterocycles. The van der Waals surface area contributed by atoms with Gasteiger partial charge in [0.1, 0.15) is 24.4 Å². The normalized spacial score (nSPS) is 16.7. The molecule has 6 nitrogen and oxygen atoms in total. The van der Waals surface area contributed by atoms with E-state index in [1.807, 2.05) is 30.3 Å². The number of aliphatic hydroxyl groups excluding tert-OH is 5. The molecule has 0 heterocycles. The van der Waals surface area contributed by atoms with Crippen LogP contribution in [0.2, 0.25) is 0 Å². The summed E-state index contributed by atoms with van der Waals surface area (Å²) in [7, 11) is 0. The Bertz CT molecular complexity index is 666. The van der Waals surface area contributed by atoms with Gasteiger partial charge in [0, 0.05) is 6.42 Å². The van der Waals surface area contributed by atoms with Gasteiger partial charge in [0.2, 0.25) is 0 Å². The van der Waals surface area contributed by atoms with Crippen LogP contribution in [0.15, 0.2) is 42.5 Å². The van der Waals surface area contributed by atoms with Crippen molar-refractivity contribution >= 4 is 16.6 Å². The molecule has 5 N–H and O–H groups in total. The lowest BCUT2D eigenvalue weighted by atomic mass is 9.94. The van der Waals surface area contributed by atoms with E-state index in [9.17, 15) is 25.2 Å². The van der Waals surface area contributed by atoms with Crippen LogP contribution in [0.1, 0.15) is 5.56 Å². The van der Waals surface area contributed by atoms with E-state index < -0.39 is 36.8 Å². The third-order valence-corrected chi connectivity index (χ3v) is 3.83. The van der Waals surface area contributed by atoms with Crippen LogP contribution in [-0.4, -0.2) is 62.3 Å². The Hall–Kier alpha value is -1.83. The second-order valence-corrected chi connectivity index (χ2v) is 5.46. The molecule has 2 aromatic rings. The van der Waals surface area contributed by atoms with Crippen molar-refractivity contribution in [2.75, 3.05) is 6.61 Å². The fourth-order valence-electron chi connectivity index (χ4n) is 2.45. The van der Waals surface area contributed by atoms with Gasteiger partial charge in [0.05, 0.1) is 6.61 Å². The van der Waals surface area contributed by atoms with Gasteiger partial charge in [-0.05, 0) is 16.3 Å². The summed E-state index contributed by atoms with van der Waals surface area (Å²) in [5, 5.41) is 49.0. The van der Waals surface area contributed by atoms with Gasteiger partial charge in [-0.3, -0.25) is 4.79 Å². The highest BCUT2D eigenvalue weighted by molar-refractivity contribution is 5.92. The maximum absolute atomic E-state index is 12.1. The van der Waals surface area contributed by atoms with Crippen molar-refractivity contribution in [2.24, 2.45) is 0 Å². The van der Waals surface area contributed by atoms with Crippen LogP contribution in [0.3, 0.4) is 0 Å². The zero-order valence-electron chi connectivity index (χ0n) is 12.4. The Morgan fingerprint density at radius 3 is 2.26 bits per heavy atom. The fourth-order valence-corrected chi connectivity index (χ4v) is 2.45. The van der Waals surface area contributed by atoms with Crippen molar-refractivity contribution in [3.05, 3.63) is 48.0 Å². The van der Waals surface area contributed by atoms with Crippen LogP contribution >= 0.6 is 0 Å². The summed E-state index contributed by atoms with van der Waals surface area (Å²) in [4.78, 5) is 12.1.